The highest BCUT2D eigenvalue weighted by molar-refractivity contribution is 6.87. The molecule has 0 aliphatic rings. The Morgan fingerprint density at radius 2 is 1.56 bits per heavy atom. The summed E-state index contributed by atoms with van der Waals surface area (Å²) in [6.07, 6.45) is 16.1. The van der Waals surface area contributed by atoms with Crippen molar-refractivity contribution in [3.05, 3.63) is 17.9 Å². The summed E-state index contributed by atoms with van der Waals surface area (Å²) in [5, 5.41) is 6.85. The van der Waals surface area contributed by atoms with Gasteiger partial charge in [0, 0.05) is 12.6 Å². The minimum Gasteiger partial charge on any atom is -0.474 e. The molecule has 1 unspecified atom stereocenters. The van der Waals surface area contributed by atoms with Gasteiger partial charge in [0.25, 0.3) is 0 Å². The molecule has 0 aliphatic carbocycles. The van der Waals surface area contributed by atoms with Crippen LogP contribution in [-0.2, 0) is 0 Å². The SMILES string of the molecule is CCCCCCCCCCCCC(NC(=O)NC)c1coc([Si](C)(C)C)c1. The van der Waals surface area contributed by atoms with Crippen LogP contribution in [0, 0.1) is 0 Å². The molecule has 0 saturated heterocycles. The van der Waals surface area contributed by atoms with Gasteiger partial charge in [0.15, 0.2) is 0 Å². The van der Waals surface area contributed by atoms with Gasteiger partial charge in [-0.15, -0.1) is 0 Å². The van der Waals surface area contributed by atoms with E-state index in [2.05, 4.69) is 43.3 Å². The van der Waals surface area contributed by atoms with Crippen molar-refractivity contribution >= 4 is 19.5 Å². The fourth-order valence-electron chi connectivity index (χ4n) is 3.32. The molecule has 5 heteroatoms. The molecule has 0 bridgehead atoms. The molecule has 0 saturated carbocycles. The lowest BCUT2D eigenvalue weighted by molar-refractivity contribution is 0.238. The van der Waals surface area contributed by atoms with E-state index in [0.717, 1.165) is 23.8 Å². The molecule has 0 fully saturated rings. The molecular formula is C22H42N2O2Si. The van der Waals surface area contributed by atoms with Crippen LogP contribution in [0.15, 0.2) is 16.7 Å². The first-order valence-corrected chi connectivity index (χ1v) is 14.5. The Kier molecular flexibility index (Phi) is 11.5. The van der Waals surface area contributed by atoms with Crippen LogP contribution in [0.25, 0.3) is 0 Å². The maximum atomic E-state index is 11.8. The molecule has 1 aromatic heterocycles. The summed E-state index contributed by atoms with van der Waals surface area (Å²) in [5.74, 6) is 0. The largest absolute Gasteiger partial charge is 0.474 e. The Morgan fingerprint density at radius 1 is 1.00 bits per heavy atom. The van der Waals surface area contributed by atoms with Gasteiger partial charge in [0.2, 0.25) is 0 Å². The molecule has 0 radical (unpaired) electrons. The highest BCUT2D eigenvalue weighted by Crippen LogP contribution is 2.22. The topological polar surface area (TPSA) is 54.3 Å². The lowest BCUT2D eigenvalue weighted by Gasteiger charge is -2.17. The lowest BCUT2D eigenvalue weighted by atomic mass is 10.0. The molecular weight excluding hydrogens is 352 g/mol. The van der Waals surface area contributed by atoms with E-state index >= 15 is 0 Å². The van der Waals surface area contributed by atoms with Gasteiger partial charge in [0.1, 0.15) is 8.07 Å². The zero-order valence-electron chi connectivity index (χ0n) is 18.3. The third-order valence-electron chi connectivity index (χ3n) is 5.14. The Labute approximate surface area is 167 Å². The summed E-state index contributed by atoms with van der Waals surface area (Å²) in [6, 6.07) is 2.07. The third kappa shape index (κ3) is 10.0. The highest BCUT2D eigenvalue weighted by Gasteiger charge is 2.23. The summed E-state index contributed by atoms with van der Waals surface area (Å²) in [6.45, 7) is 9.10. The number of unbranched alkanes of at least 4 members (excludes halogenated alkanes) is 9. The zero-order valence-corrected chi connectivity index (χ0v) is 19.3. The molecule has 1 heterocycles. The van der Waals surface area contributed by atoms with Crippen LogP contribution in [0.2, 0.25) is 19.6 Å². The molecule has 1 rings (SSSR count). The number of nitrogens with one attached hydrogen (secondary N) is 2. The minimum atomic E-state index is -1.47. The Hall–Kier alpha value is -1.23. The van der Waals surface area contributed by atoms with Crippen LogP contribution < -0.4 is 16.0 Å². The second-order valence-electron chi connectivity index (χ2n) is 8.74. The number of carbonyl (C=O) groups excluding carboxylic acids is 1. The van der Waals surface area contributed by atoms with Gasteiger partial charge in [-0.2, -0.15) is 0 Å². The Morgan fingerprint density at radius 3 is 2.04 bits per heavy atom. The van der Waals surface area contributed by atoms with Crippen molar-refractivity contribution in [1.29, 1.82) is 0 Å². The predicted octanol–water partition coefficient (Wildman–Crippen LogP) is 6.11. The van der Waals surface area contributed by atoms with E-state index in [9.17, 15) is 4.79 Å². The van der Waals surface area contributed by atoms with Gasteiger partial charge in [-0.25, -0.2) is 4.79 Å². The minimum absolute atomic E-state index is 0.0350. The highest BCUT2D eigenvalue weighted by atomic mass is 28.3. The van der Waals surface area contributed by atoms with Crippen LogP contribution in [0.3, 0.4) is 0 Å². The van der Waals surface area contributed by atoms with Crippen molar-refractivity contribution < 1.29 is 9.21 Å². The van der Waals surface area contributed by atoms with Crippen LogP contribution in [-0.4, -0.2) is 21.2 Å². The molecule has 27 heavy (non-hydrogen) atoms. The number of amides is 2. The molecule has 2 amide bonds. The van der Waals surface area contributed by atoms with E-state index in [4.69, 9.17) is 4.42 Å². The lowest BCUT2D eigenvalue weighted by Crippen LogP contribution is -2.37. The van der Waals surface area contributed by atoms with E-state index in [1.165, 1.54) is 57.8 Å². The second kappa shape index (κ2) is 13.0. The van der Waals surface area contributed by atoms with Gasteiger partial charge in [-0.3, -0.25) is 0 Å². The van der Waals surface area contributed by atoms with Crippen molar-refractivity contribution in [2.45, 2.75) is 103 Å². The van der Waals surface area contributed by atoms with E-state index in [0.29, 0.717) is 0 Å². The fraction of sp³-hybridized carbons (Fsp3) is 0.773. The molecule has 1 atom stereocenters. The van der Waals surface area contributed by atoms with Crippen LogP contribution in [0.5, 0.6) is 0 Å². The number of furan rings is 1. The smallest absolute Gasteiger partial charge is 0.315 e. The third-order valence-corrected chi connectivity index (χ3v) is 6.88. The molecule has 156 valence electrons. The molecule has 0 spiro atoms. The Balaban J connectivity index is 2.36. The summed E-state index contributed by atoms with van der Waals surface area (Å²) in [7, 11) is 0.195. The van der Waals surface area contributed by atoms with Crippen molar-refractivity contribution in [2.24, 2.45) is 0 Å². The fourth-order valence-corrected chi connectivity index (χ4v) is 4.33. The summed E-state index contributed by atoms with van der Waals surface area (Å²) >= 11 is 0. The first kappa shape index (κ1) is 23.8. The Bertz CT molecular complexity index is 523. The average molecular weight is 395 g/mol. The number of hydrogen-bond acceptors (Lipinski definition) is 2. The van der Waals surface area contributed by atoms with Gasteiger partial charge >= 0.3 is 6.03 Å². The van der Waals surface area contributed by atoms with Gasteiger partial charge in [0.05, 0.1) is 17.7 Å². The van der Waals surface area contributed by atoms with Crippen molar-refractivity contribution in [1.82, 2.24) is 10.6 Å². The number of urea groups is 1. The van der Waals surface area contributed by atoms with Gasteiger partial charge < -0.3 is 15.1 Å². The number of rotatable bonds is 14. The molecule has 0 aromatic carbocycles. The quantitative estimate of drug-likeness (QED) is 0.295. The summed E-state index contributed by atoms with van der Waals surface area (Å²) in [5.41, 5.74) is 1.10. The van der Waals surface area contributed by atoms with E-state index < -0.39 is 8.07 Å². The summed E-state index contributed by atoms with van der Waals surface area (Å²) < 4.78 is 5.81. The standard InChI is InChI=1S/C22H42N2O2Si/c1-6-7-8-9-10-11-12-13-14-15-16-20(24-22(25)23-2)19-17-21(26-18-19)27(3,4)5/h17-18,20H,6-16H2,1-5H3,(H2,23,24,25). The molecule has 4 nitrogen and oxygen atoms in total. The van der Waals surface area contributed by atoms with E-state index in [1.54, 1.807) is 7.05 Å². The van der Waals surface area contributed by atoms with Crippen molar-refractivity contribution in [3.8, 4) is 0 Å². The average Bonchev–Trinajstić information content (AvgIpc) is 3.12. The summed E-state index contributed by atoms with van der Waals surface area (Å²) in [4.78, 5) is 11.8. The maximum absolute atomic E-state index is 11.8. The van der Waals surface area contributed by atoms with Crippen molar-refractivity contribution in [2.75, 3.05) is 7.05 Å². The molecule has 1 aromatic rings. The first-order valence-electron chi connectivity index (χ1n) is 11.0. The monoisotopic (exact) mass is 394 g/mol. The van der Waals surface area contributed by atoms with Crippen LogP contribution in [0.1, 0.15) is 89.2 Å². The maximum Gasteiger partial charge on any atom is 0.315 e. The second-order valence-corrected chi connectivity index (χ2v) is 13.7. The van der Waals surface area contributed by atoms with Gasteiger partial charge in [-0.1, -0.05) is 90.8 Å². The molecule has 2 N–H and O–H groups in total. The van der Waals surface area contributed by atoms with E-state index in [1.807, 2.05) is 6.26 Å². The normalized spacial score (nSPS) is 12.8. The first-order chi connectivity index (χ1) is 12.9. The van der Waals surface area contributed by atoms with Crippen molar-refractivity contribution in [3.63, 3.8) is 0 Å². The predicted molar refractivity (Wildman–Crippen MR) is 118 cm³/mol. The van der Waals surface area contributed by atoms with Gasteiger partial charge in [-0.05, 0) is 12.5 Å². The molecule has 0 aliphatic heterocycles. The van der Waals surface area contributed by atoms with E-state index in [-0.39, 0.29) is 12.1 Å². The van der Waals surface area contributed by atoms with Crippen LogP contribution in [0.4, 0.5) is 4.79 Å². The zero-order chi connectivity index (χ0) is 20.1. The number of hydrogen-bond donors (Lipinski definition) is 2. The number of carbonyl (C=O) groups is 1. The van der Waals surface area contributed by atoms with Crippen LogP contribution >= 0.6 is 0 Å².